The zero-order valence-electron chi connectivity index (χ0n) is 7.64. The standard InChI is InChI=1S/C10H16N2/c1-9-4-3-6-11-8-12-7-5-10(9)2/h5,7,11H,1,3-4,6,8H2,2H3/b10-5-,12-7-. The molecule has 1 N–H and O–H groups in total. The Morgan fingerprint density at radius 1 is 1.58 bits per heavy atom. The van der Waals surface area contributed by atoms with Crippen LogP contribution in [0.15, 0.2) is 28.8 Å². The van der Waals surface area contributed by atoms with Crippen molar-refractivity contribution in [1.82, 2.24) is 5.32 Å². The van der Waals surface area contributed by atoms with Gasteiger partial charge in [0, 0.05) is 6.21 Å². The van der Waals surface area contributed by atoms with Crippen LogP contribution >= 0.6 is 0 Å². The van der Waals surface area contributed by atoms with Crippen LogP contribution in [0.25, 0.3) is 0 Å². The Morgan fingerprint density at radius 2 is 2.42 bits per heavy atom. The van der Waals surface area contributed by atoms with Crippen LogP contribution < -0.4 is 5.32 Å². The summed E-state index contributed by atoms with van der Waals surface area (Å²) in [4.78, 5) is 4.16. The molecule has 2 nitrogen and oxygen atoms in total. The minimum absolute atomic E-state index is 0.732. The molecule has 0 aromatic rings. The molecule has 1 aliphatic rings. The fourth-order valence-electron chi connectivity index (χ4n) is 1.10. The highest BCUT2D eigenvalue weighted by Crippen LogP contribution is 2.12. The molecular weight excluding hydrogens is 148 g/mol. The molecule has 12 heavy (non-hydrogen) atoms. The summed E-state index contributed by atoms with van der Waals surface area (Å²) in [7, 11) is 0. The van der Waals surface area contributed by atoms with Gasteiger partial charge in [0.15, 0.2) is 0 Å². The van der Waals surface area contributed by atoms with E-state index in [-0.39, 0.29) is 0 Å². The predicted molar refractivity (Wildman–Crippen MR) is 53.5 cm³/mol. The van der Waals surface area contributed by atoms with Crippen LogP contribution in [0.2, 0.25) is 0 Å². The van der Waals surface area contributed by atoms with Gasteiger partial charge in [-0.2, -0.15) is 0 Å². The van der Waals surface area contributed by atoms with E-state index in [0.29, 0.717) is 0 Å². The monoisotopic (exact) mass is 164 g/mol. The Balaban J connectivity index is 2.61. The summed E-state index contributed by atoms with van der Waals surface area (Å²) in [6.45, 7) is 7.86. The molecule has 66 valence electrons. The Hall–Kier alpha value is -0.890. The molecule has 0 aromatic heterocycles. The fraction of sp³-hybridized carbons (Fsp3) is 0.500. The van der Waals surface area contributed by atoms with E-state index in [1.807, 2.05) is 12.3 Å². The summed E-state index contributed by atoms with van der Waals surface area (Å²) >= 11 is 0. The maximum absolute atomic E-state index is 4.16. The number of nitrogens with one attached hydrogen (secondary N) is 1. The largest absolute Gasteiger partial charge is 0.298 e. The number of hydrogen-bond acceptors (Lipinski definition) is 2. The van der Waals surface area contributed by atoms with Gasteiger partial charge in [0.05, 0.1) is 6.67 Å². The molecule has 1 rings (SSSR count). The van der Waals surface area contributed by atoms with Crippen molar-refractivity contribution < 1.29 is 0 Å². The lowest BCUT2D eigenvalue weighted by Gasteiger charge is -2.07. The van der Waals surface area contributed by atoms with Crippen molar-refractivity contribution in [3.05, 3.63) is 23.8 Å². The third-order valence-electron chi connectivity index (χ3n) is 2.02. The van der Waals surface area contributed by atoms with Crippen LogP contribution in [0.1, 0.15) is 19.8 Å². The second kappa shape index (κ2) is 4.88. The molecule has 1 heterocycles. The molecule has 0 saturated carbocycles. The molecular formula is C10H16N2. The summed E-state index contributed by atoms with van der Waals surface area (Å²) in [5, 5.41) is 3.22. The van der Waals surface area contributed by atoms with E-state index in [0.717, 1.165) is 26.1 Å². The Bertz CT molecular complexity index is 214. The van der Waals surface area contributed by atoms with Gasteiger partial charge in [-0.15, -0.1) is 0 Å². The third kappa shape index (κ3) is 3.01. The number of rotatable bonds is 0. The van der Waals surface area contributed by atoms with Gasteiger partial charge in [0.1, 0.15) is 0 Å². The lowest BCUT2D eigenvalue weighted by atomic mass is 10.0. The molecule has 0 unspecified atom stereocenters. The van der Waals surface area contributed by atoms with Crippen molar-refractivity contribution in [2.45, 2.75) is 19.8 Å². The van der Waals surface area contributed by atoms with Crippen LogP contribution in [0, 0.1) is 0 Å². The first kappa shape index (κ1) is 9.20. The Kier molecular flexibility index (Phi) is 3.74. The van der Waals surface area contributed by atoms with Crippen molar-refractivity contribution in [2.75, 3.05) is 13.2 Å². The van der Waals surface area contributed by atoms with Gasteiger partial charge in [-0.25, -0.2) is 0 Å². The first-order valence-electron chi connectivity index (χ1n) is 4.36. The number of nitrogens with zero attached hydrogens (tertiary/aromatic N) is 1. The average molecular weight is 164 g/mol. The normalized spacial score (nSPS) is 27.4. The highest BCUT2D eigenvalue weighted by atomic mass is 15.0. The second-order valence-electron chi connectivity index (χ2n) is 3.05. The van der Waals surface area contributed by atoms with Crippen LogP contribution in [0.3, 0.4) is 0 Å². The lowest BCUT2D eigenvalue weighted by Crippen LogP contribution is -2.15. The maximum atomic E-state index is 4.16. The van der Waals surface area contributed by atoms with Gasteiger partial charge in [-0.3, -0.25) is 10.3 Å². The number of aliphatic imine (C=N–C) groups is 1. The first-order chi connectivity index (χ1) is 5.80. The van der Waals surface area contributed by atoms with Crippen LogP contribution in [-0.4, -0.2) is 19.4 Å². The molecule has 0 aliphatic carbocycles. The summed E-state index contributed by atoms with van der Waals surface area (Å²) in [5.74, 6) is 0. The third-order valence-corrected chi connectivity index (χ3v) is 2.02. The van der Waals surface area contributed by atoms with Crippen LogP contribution in [-0.2, 0) is 0 Å². The minimum Gasteiger partial charge on any atom is -0.298 e. The molecule has 0 aromatic carbocycles. The molecule has 0 radical (unpaired) electrons. The van der Waals surface area contributed by atoms with Crippen molar-refractivity contribution in [2.24, 2.45) is 4.99 Å². The minimum atomic E-state index is 0.732. The smallest absolute Gasteiger partial charge is 0.0884 e. The van der Waals surface area contributed by atoms with E-state index in [1.54, 1.807) is 0 Å². The zero-order valence-corrected chi connectivity index (χ0v) is 7.64. The van der Waals surface area contributed by atoms with Gasteiger partial charge < -0.3 is 0 Å². The summed E-state index contributed by atoms with van der Waals surface area (Å²) in [5.41, 5.74) is 2.48. The van der Waals surface area contributed by atoms with E-state index in [9.17, 15) is 0 Å². The molecule has 0 amide bonds. The summed E-state index contributed by atoms with van der Waals surface area (Å²) < 4.78 is 0. The van der Waals surface area contributed by atoms with Gasteiger partial charge in [0.25, 0.3) is 0 Å². The van der Waals surface area contributed by atoms with E-state index in [1.165, 1.54) is 11.1 Å². The molecule has 0 spiro atoms. The zero-order chi connectivity index (χ0) is 8.81. The Labute approximate surface area is 74.1 Å². The van der Waals surface area contributed by atoms with E-state index < -0.39 is 0 Å². The van der Waals surface area contributed by atoms with E-state index in [2.05, 4.69) is 23.8 Å². The quantitative estimate of drug-likeness (QED) is 0.581. The molecule has 0 bridgehead atoms. The Morgan fingerprint density at radius 3 is 3.25 bits per heavy atom. The van der Waals surface area contributed by atoms with Gasteiger partial charge in [-0.05, 0) is 38.0 Å². The highest BCUT2D eigenvalue weighted by molar-refractivity contribution is 5.73. The second-order valence-corrected chi connectivity index (χ2v) is 3.05. The molecule has 0 fully saturated rings. The SMILES string of the molecule is C=C1CCCNC/N=C\C=C/1C. The summed E-state index contributed by atoms with van der Waals surface area (Å²) in [6, 6.07) is 0. The molecule has 1 aliphatic heterocycles. The van der Waals surface area contributed by atoms with Gasteiger partial charge in [-0.1, -0.05) is 12.2 Å². The first-order valence-corrected chi connectivity index (χ1v) is 4.36. The van der Waals surface area contributed by atoms with Gasteiger partial charge in [0.2, 0.25) is 0 Å². The molecule has 0 atom stereocenters. The van der Waals surface area contributed by atoms with Gasteiger partial charge >= 0.3 is 0 Å². The highest BCUT2D eigenvalue weighted by Gasteiger charge is 1.97. The molecule has 2 heteroatoms. The average Bonchev–Trinajstić information content (AvgIpc) is 2.08. The van der Waals surface area contributed by atoms with E-state index in [4.69, 9.17) is 0 Å². The predicted octanol–water partition coefficient (Wildman–Crippen LogP) is 1.90. The lowest BCUT2D eigenvalue weighted by molar-refractivity contribution is 0.662. The summed E-state index contributed by atoms with van der Waals surface area (Å²) in [6.07, 6.45) is 6.11. The number of hydrogen-bond donors (Lipinski definition) is 1. The van der Waals surface area contributed by atoms with E-state index >= 15 is 0 Å². The maximum Gasteiger partial charge on any atom is 0.0884 e. The topological polar surface area (TPSA) is 24.4 Å². The number of allylic oxidation sites excluding steroid dienone is 3. The van der Waals surface area contributed by atoms with Crippen molar-refractivity contribution in [3.8, 4) is 0 Å². The fourth-order valence-corrected chi connectivity index (χ4v) is 1.10. The van der Waals surface area contributed by atoms with Crippen molar-refractivity contribution >= 4 is 6.21 Å². The molecule has 0 saturated heterocycles. The van der Waals surface area contributed by atoms with Crippen molar-refractivity contribution in [3.63, 3.8) is 0 Å². The van der Waals surface area contributed by atoms with Crippen LogP contribution in [0.5, 0.6) is 0 Å². The van der Waals surface area contributed by atoms with Crippen molar-refractivity contribution in [1.29, 1.82) is 0 Å². The van der Waals surface area contributed by atoms with Crippen LogP contribution in [0.4, 0.5) is 0 Å².